The van der Waals surface area contributed by atoms with Crippen molar-refractivity contribution >= 4 is 45.3 Å². The monoisotopic (exact) mass is 363 g/mol. The Balaban J connectivity index is 2.30. The van der Waals surface area contributed by atoms with E-state index < -0.39 is 0 Å². The lowest BCUT2D eigenvalue weighted by Gasteiger charge is -2.15. The Kier molecular flexibility index (Phi) is 4.41. The molecule has 2 aromatic heterocycles. The predicted molar refractivity (Wildman–Crippen MR) is 81.6 cm³/mol. The Hall–Kier alpha value is 0.0900. The summed E-state index contributed by atoms with van der Waals surface area (Å²) in [7, 11) is 0. The minimum Gasteiger partial charge on any atom is -0.306 e. The van der Waals surface area contributed by atoms with Crippen molar-refractivity contribution in [3.63, 3.8) is 0 Å². The molecule has 0 aliphatic heterocycles. The van der Waals surface area contributed by atoms with Gasteiger partial charge in [-0.25, -0.2) is 0 Å². The largest absolute Gasteiger partial charge is 0.306 e. The molecular formula is C12H14INS2. The van der Waals surface area contributed by atoms with E-state index in [0.29, 0.717) is 6.04 Å². The van der Waals surface area contributed by atoms with Crippen LogP contribution in [-0.2, 0) is 0 Å². The van der Waals surface area contributed by atoms with Gasteiger partial charge >= 0.3 is 0 Å². The summed E-state index contributed by atoms with van der Waals surface area (Å²) in [6.07, 6.45) is 0. The number of halogens is 1. The molecule has 0 bridgehead atoms. The van der Waals surface area contributed by atoms with Crippen LogP contribution in [0.15, 0.2) is 22.9 Å². The summed E-state index contributed by atoms with van der Waals surface area (Å²) >= 11 is 6.01. The third-order valence-electron chi connectivity index (χ3n) is 2.41. The van der Waals surface area contributed by atoms with Crippen molar-refractivity contribution in [2.75, 3.05) is 6.54 Å². The van der Waals surface area contributed by atoms with Crippen molar-refractivity contribution in [1.82, 2.24) is 5.32 Å². The smallest absolute Gasteiger partial charge is 0.0656 e. The van der Waals surface area contributed by atoms with Crippen LogP contribution in [-0.4, -0.2) is 6.54 Å². The van der Waals surface area contributed by atoms with E-state index in [1.54, 1.807) is 0 Å². The van der Waals surface area contributed by atoms with Gasteiger partial charge in [0.05, 0.1) is 8.93 Å². The van der Waals surface area contributed by atoms with Gasteiger partial charge in [-0.1, -0.05) is 6.92 Å². The molecule has 0 aromatic carbocycles. The molecule has 0 saturated heterocycles. The molecule has 86 valence electrons. The van der Waals surface area contributed by atoms with Gasteiger partial charge in [0.2, 0.25) is 0 Å². The highest BCUT2D eigenvalue weighted by molar-refractivity contribution is 14.1. The van der Waals surface area contributed by atoms with Gasteiger partial charge in [-0.3, -0.25) is 0 Å². The molecule has 2 rings (SSSR count). The maximum Gasteiger partial charge on any atom is 0.0656 e. The Morgan fingerprint density at radius 3 is 2.44 bits per heavy atom. The number of rotatable bonds is 4. The summed E-state index contributed by atoms with van der Waals surface area (Å²) in [5.41, 5.74) is 2.77. The van der Waals surface area contributed by atoms with Gasteiger partial charge in [0, 0.05) is 4.88 Å². The first kappa shape index (κ1) is 12.5. The van der Waals surface area contributed by atoms with E-state index in [9.17, 15) is 0 Å². The number of hydrogen-bond donors (Lipinski definition) is 1. The van der Waals surface area contributed by atoms with Crippen LogP contribution in [0.2, 0.25) is 0 Å². The summed E-state index contributed by atoms with van der Waals surface area (Å²) in [5.74, 6) is 0. The van der Waals surface area contributed by atoms with Crippen molar-refractivity contribution < 1.29 is 0 Å². The molecule has 1 unspecified atom stereocenters. The highest BCUT2D eigenvalue weighted by Crippen LogP contribution is 2.29. The Morgan fingerprint density at radius 2 is 1.94 bits per heavy atom. The molecule has 1 atom stereocenters. The van der Waals surface area contributed by atoms with Crippen LogP contribution in [0.1, 0.15) is 29.0 Å². The van der Waals surface area contributed by atoms with Crippen LogP contribution in [0.3, 0.4) is 0 Å². The first-order valence-corrected chi connectivity index (χ1v) is 8.07. The zero-order valence-electron chi connectivity index (χ0n) is 9.29. The highest BCUT2D eigenvalue weighted by Gasteiger charge is 2.15. The quantitative estimate of drug-likeness (QED) is 0.793. The Bertz CT molecular complexity index is 421. The van der Waals surface area contributed by atoms with E-state index in [1.165, 1.54) is 18.9 Å². The number of thiophene rings is 2. The number of hydrogen-bond acceptors (Lipinski definition) is 3. The standard InChI is InChI=1S/C12H14INS2/c1-3-14-12(9-4-8(2)15-6-9)10-5-11(13)16-7-10/h4-7,12,14H,3H2,1-2H3. The van der Waals surface area contributed by atoms with Crippen molar-refractivity contribution in [3.05, 3.63) is 41.8 Å². The van der Waals surface area contributed by atoms with Gasteiger partial charge in [-0.15, -0.1) is 22.7 Å². The molecule has 16 heavy (non-hydrogen) atoms. The van der Waals surface area contributed by atoms with E-state index in [2.05, 4.69) is 64.6 Å². The van der Waals surface area contributed by atoms with Crippen molar-refractivity contribution in [2.45, 2.75) is 19.9 Å². The molecule has 0 aliphatic carbocycles. The first-order valence-electron chi connectivity index (χ1n) is 5.23. The maximum absolute atomic E-state index is 3.55. The molecule has 2 aromatic rings. The molecule has 0 spiro atoms. The van der Waals surface area contributed by atoms with E-state index in [0.717, 1.165) is 6.54 Å². The Labute approximate surface area is 118 Å². The zero-order chi connectivity index (χ0) is 11.5. The van der Waals surface area contributed by atoms with Crippen LogP contribution in [0.4, 0.5) is 0 Å². The topological polar surface area (TPSA) is 12.0 Å². The van der Waals surface area contributed by atoms with Gasteiger partial charge in [0.15, 0.2) is 0 Å². The maximum atomic E-state index is 3.55. The first-order chi connectivity index (χ1) is 7.70. The molecule has 1 nitrogen and oxygen atoms in total. The second-order valence-corrected chi connectivity index (χ2v) is 7.59. The normalized spacial score (nSPS) is 12.9. The number of nitrogens with one attached hydrogen (secondary N) is 1. The second kappa shape index (κ2) is 5.62. The summed E-state index contributed by atoms with van der Waals surface area (Å²) < 4.78 is 1.35. The van der Waals surface area contributed by atoms with Crippen molar-refractivity contribution in [2.24, 2.45) is 0 Å². The van der Waals surface area contributed by atoms with Gasteiger partial charge in [0.25, 0.3) is 0 Å². The molecule has 0 amide bonds. The van der Waals surface area contributed by atoms with Gasteiger partial charge in [-0.05, 0) is 70.1 Å². The minimum atomic E-state index is 0.356. The highest BCUT2D eigenvalue weighted by atomic mass is 127. The average Bonchev–Trinajstić information content (AvgIpc) is 2.84. The average molecular weight is 363 g/mol. The van der Waals surface area contributed by atoms with E-state index in [1.807, 2.05) is 22.7 Å². The molecule has 0 saturated carbocycles. The Morgan fingerprint density at radius 1 is 1.25 bits per heavy atom. The molecule has 0 fully saturated rings. The van der Waals surface area contributed by atoms with Crippen molar-refractivity contribution in [3.8, 4) is 0 Å². The van der Waals surface area contributed by atoms with Crippen LogP contribution < -0.4 is 5.32 Å². The lowest BCUT2D eigenvalue weighted by Crippen LogP contribution is -2.20. The molecule has 0 radical (unpaired) electrons. The summed E-state index contributed by atoms with van der Waals surface area (Å²) in [5, 5.41) is 8.06. The summed E-state index contributed by atoms with van der Waals surface area (Å²) in [4.78, 5) is 1.38. The zero-order valence-corrected chi connectivity index (χ0v) is 13.1. The minimum absolute atomic E-state index is 0.356. The summed E-state index contributed by atoms with van der Waals surface area (Å²) in [6, 6.07) is 4.91. The van der Waals surface area contributed by atoms with Crippen LogP contribution in [0.5, 0.6) is 0 Å². The van der Waals surface area contributed by atoms with Crippen molar-refractivity contribution in [1.29, 1.82) is 0 Å². The molecule has 2 heterocycles. The predicted octanol–water partition coefficient (Wildman–Crippen LogP) is 4.42. The molecular weight excluding hydrogens is 349 g/mol. The summed E-state index contributed by atoms with van der Waals surface area (Å²) in [6.45, 7) is 5.31. The fraction of sp³-hybridized carbons (Fsp3) is 0.333. The van der Waals surface area contributed by atoms with Gasteiger partial charge in [0.1, 0.15) is 0 Å². The SMILES string of the molecule is CCNC(c1csc(C)c1)c1csc(I)c1. The fourth-order valence-electron chi connectivity index (χ4n) is 1.72. The lowest BCUT2D eigenvalue weighted by atomic mass is 10.0. The van der Waals surface area contributed by atoms with E-state index in [-0.39, 0.29) is 0 Å². The third-order valence-corrected chi connectivity index (χ3v) is 5.10. The number of aryl methyl sites for hydroxylation is 1. The van der Waals surface area contributed by atoms with Crippen LogP contribution in [0.25, 0.3) is 0 Å². The van der Waals surface area contributed by atoms with Crippen LogP contribution >= 0.6 is 45.3 Å². The fourth-order valence-corrected chi connectivity index (χ4v) is 3.85. The molecule has 0 aliphatic rings. The lowest BCUT2D eigenvalue weighted by molar-refractivity contribution is 0.634. The van der Waals surface area contributed by atoms with Crippen LogP contribution in [0, 0.1) is 9.81 Å². The second-order valence-electron chi connectivity index (χ2n) is 3.67. The molecule has 4 heteroatoms. The third kappa shape index (κ3) is 2.85. The van der Waals surface area contributed by atoms with Gasteiger partial charge in [-0.2, -0.15) is 0 Å². The van der Waals surface area contributed by atoms with Gasteiger partial charge < -0.3 is 5.32 Å². The van der Waals surface area contributed by atoms with E-state index >= 15 is 0 Å². The molecule has 1 N–H and O–H groups in total. The van der Waals surface area contributed by atoms with E-state index in [4.69, 9.17) is 0 Å².